The molecule has 0 radical (unpaired) electrons. The number of aliphatic hydroxyl groups is 5. The fraction of sp³-hybridized carbons (Fsp3) is 0.875. The fourth-order valence-corrected chi connectivity index (χ4v) is 6.24. The van der Waals surface area contributed by atoms with Crippen LogP contribution in [0.1, 0.15) is 78.6 Å². The molecule has 3 rings (SSSR count). The summed E-state index contributed by atoms with van der Waals surface area (Å²) in [6, 6.07) is 0. The van der Waals surface area contributed by atoms with Crippen LogP contribution in [0.5, 0.6) is 0 Å². The fourth-order valence-electron chi connectivity index (χ4n) is 6.24. The number of aliphatic hydroxyl groups excluding tert-OH is 5. The Morgan fingerprint density at radius 1 is 0.750 bits per heavy atom. The maximum atomic E-state index is 13.1. The average Bonchev–Trinajstić information content (AvgIpc) is 3.03. The van der Waals surface area contributed by atoms with Crippen LogP contribution >= 0.6 is 0 Å². The molecule has 0 aliphatic carbocycles. The van der Waals surface area contributed by atoms with E-state index >= 15 is 0 Å². The summed E-state index contributed by atoms with van der Waals surface area (Å²) >= 11 is 0. The predicted molar refractivity (Wildman–Crippen MR) is 168 cm³/mol. The van der Waals surface area contributed by atoms with Gasteiger partial charge in [-0.2, -0.15) is 0 Å². The molecule has 0 bridgehead atoms. The van der Waals surface area contributed by atoms with Gasteiger partial charge in [0.1, 0.15) is 30.2 Å². The molecule has 7 N–H and O–H groups in total. The predicted octanol–water partition coefficient (Wildman–Crippen LogP) is -1.53. The first kappa shape index (κ1) is 40.2. The summed E-state index contributed by atoms with van der Waals surface area (Å²) in [6.45, 7) is 5.70. The van der Waals surface area contributed by atoms with Crippen LogP contribution in [-0.4, -0.2) is 149 Å². The molecule has 3 saturated heterocycles. The standard InChI is InChI=1S/C32H55N3O13/c1-19(36)6-4-5-7-26(41)35-12-8-32(9-13-35,17-24(39)33-10-14-45-30-23(38)16-22(37)20(2)47-30)18-25(40)34-11-15-46-31-29(44)28(43)27(42)21(3)48-31/h20-23,27-31,37-38,42-44H,4-18H2,1-3H3,(H,33,39)(H,34,40)/t20-,21-,22-,23-,27+,28+,29-,30+,31+/m0/s1. The molecule has 3 amide bonds. The second kappa shape index (κ2) is 19.2. The van der Waals surface area contributed by atoms with Gasteiger partial charge < -0.3 is 64.8 Å². The lowest BCUT2D eigenvalue weighted by Crippen LogP contribution is -2.57. The molecule has 0 unspecified atom stereocenters. The number of carbonyl (C=O) groups is 4. The van der Waals surface area contributed by atoms with Crippen LogP contribution in [0.25, 0.3) is 0 Å². The molecular formula is C32H55N3O13. The van der Waals surface area contributed by atoms with E-state index in [1.807, 2.05) is 0 Å². The average molecular weight is 690 g/mol. The summed E-state index contributed by atoms with van der Waals surface area (Å²) in [7, 11) is 0. The highest BCUT2D eigenvalue weighted by Crippen LogP contribution is 2.39. The number of hydrogen-bond donors (Lipinski definition) is 7. The van der Waals surface area contributed by atoms with Crippen LogP contribution in [0.4, 0.5) is 0 Å². The van der Waals surface area contributed by atoms with Crippen molar-refractivity contribution < 1.29 is 63.7 Å². The molecule has 3 aliphatic heterocycles. The number of unbranched alkanes of at least 4 members (excludes halogenated alkanes) is 1. The number of piperidine rings is 1. The minimum Gasteiger partial charge on any atom is -0.390 e. The minimum atomic E-state index is -1.46. The number of nitrogens with zero attached hydrogens (tertiary/aromatic N) is 1. The molecule has 0 saturated carbocycles. The number of nitrogens with one attached hydrogen (secondary N) is 2. The summed E-state index contributed by atoms with van der Waals surface area (Å²) in [5, 5.41) is 55.4. The van der Waals surface area contributed by atoms with Gasteiger partial charge in [-0.05, 0) is 51.9 Å². The molecule has 3 aliphatic rings. The van der Waals surface area contributed by atoms with E-state index in [1.54, 1.807) is 11.8 Å². The summed E-state index contributed by atoms with van der Waals surface area (Å²) in [5.74, 6) is -0.566. The number of rotatable bonds is 17. The summed E-state index contributed by atoms with van der Waals surface area (Å²) in [5.41, 5.74) is -0.728. The van der Waals surface area contributed by atoms with Crippen LogP contribution in [0.15, 0.2) is 0 Å². The molecule has 0 aromatic rings. The third kappa shape index (κ3) is 12.2. The number of ketones is 1. The first-order valence-electron chi connectivity index (χ1n) is 17.0. The Kier molecular flexibility index (Phi) is 16.1. The van der Waals surface area contributed by atoms with Crippen LogP contribution < -0.4 is 10.6 Å². The Bertz CT molecular complexity index is 1060. The number of hydrogen-bond acceptors (Lipinski definition) is 13. The molecule has 48 heavy (non-hydrogen) atoms. The number of carbonyl (C=O) groups excluding carboxylic acids is 4. The lowest BCUT2D eigenvalue weighted by atomic mass is 9.72. The topological polar surface area (TPSA) is 234 Å². The van der Waals surface area contributed by atoms with Gasteiger partial charge in [0, 0.05) is 58.3 Å². The van der Waals surface area contributed by atoms with Crippen molar-refractivity contribution in [1.29, 1.82) is 0 Å². The van der Waals surface area contributed by atoms with Gasteiger partial charge in [-0.3, -0.25) is 14.4 Å². The van der Waals surface area contributed by atoms with E-state index in [2.05, 4.69) is 10.6 Å². The van der Waals surface area contributed by atoms with Gasteiger partial charge >= 0.3 is 0 Å². The first-order valence-corrected chi connectivity index (χ1v) is 17.0. The zero-order valence-electron chi connectivity index (χ0n) is 28.3. The second-order valence-electron chi connectivity index (χ2n) is 13.3. The number of likely N-dealkylation sites (tertiary alicyclic amines) is 1. The Morgan fingerprint density at radius 2 is 1.29 bits per heavy atom. The zero-order chi connectivity index (χ0) is 35.4. The molecule has 0 aromatic carbocycles. The van der Waals surface area contributed by atoms with Crippen LogP contribution in [0.2, 0.25) is 0 Å². The quantitative estimate of drug-likeness (QED) is 0.0861. The number of Topliss-reactive ketones (excluding diaryl/α,β-unsaturated/α-hetero) is 1. The summed E-state index contributed by atoms with van der Waals surface area (Å²) in [6.07, 6.45) is -6.27. The van der Waals surface area contributed by atoms with E-state index in [-0.39, 0.29) is 69.1 Å². The molecule has 3 fully saturated rings. The van der Waals surface area contributed by atoms with Crippen molar-refractivity contribution in [2.24, 2.45) is 5.41 Å². The third-order valence-electron chi connectivity index (χ3n) is 9.33. The van der Waals surface area contributed by atoms with Crippen LogP contribution in [-0.2, 0) is 38.1 Å². The smallest absolute Gasteiger partial charge is 0.222 e. The van der Waals surface area contributed by atoms with Gasteiger partial charge in [0.25, 0.3) is 0 Å². The molecule has 3 heterocycles. The molecular weight excluding hydrogens is 634 g/mol. The Labute approximate surface area is 281 Å². The molecule has 9 atom stereocenters. The van der Waals surface area contributed by atoms with Crippen LogP contribution in [0.3, 0.4) is 0 Å². The van der Waals surface area contributed by atoms with Gasteiger partial charge in [0.2, 0.25) is 17.7 Å². The van der Waals surface area contributed by atoms with E-state index in [9.17, 15) is 44.7 Å². The van der Waals surface area contributed by atoms with Crippen molar-refractivity contribution in [1.82, 2.24) is 15.5 Å². The highest BCUT2D eigenvalue weighted by Gasteiger charge is 2.43. The van der Waals surface area contributed by atoms with Gasteiger partial charge in [-0.25, -0.2) is 0 Å². The third-order valence-corrected chi connectivity index (χ3v) is 9.33. The Morgan fingerprint density at radius 3 is 1.88 bits per heavy atom. The van der Waals surface area contributed by atoms with Crippen molar-refractivity contribution in [3.05, 3.63) is 0 Å². The molecule has 16 heteroatoms. The molecule has 0 spiro atoms. The van der Waals surface area contributed by atoms with E-state index < -0.39 is 60.7 Å². The molecule has 16 nitrogen and oxygen atoms in total. The van der Waals surface area contributed by atoms with Crippen molar-refractivity contribution in [2.45, 2.75) is 134 Å². The SMILES string of the molecule is CC(=O)CCCCC(=O)N1CCC(CC(=O)NCCO[C@@H]2O[C@@H](C)[C@@H](O)[C@@H](O)[C@@H]2O)(CC(=O)NCCO[C@@H]2O[C@@H](C)[C@@H](O)C[C@@H]2O)CC1. The maximum Gasteiger partial charge on any atom is 0.222 e. The minimum absolute atomic E-state index is 0.0182. The van der Waals surface area contributed by atoms with E-state index in [0.29, 0.717) is 51.6 Å². The molecule has 0 aromatic heterocycles. The van der Waals surface area contributed by atoms with Gasteiger partial charge in [-0.1, -0.05) is 0 Å². The van der Waals surface area contributed by atoms with Crippen molar-refractivity contribution in [3.8, 4) is 0 Å². The lowest BCUT2D eigenvalue weighted by Gasteiger charge is -2.41. The van der Waals surface area contributed by atoms with E-state index in [4.69, 9.17) is 18.9 Å². The highest BCUT2D eigenvalue weighted by atomic mass is 16.7. The Hall–Kier alpha value is -2.28. The summed E-state index contributed by atoms with van der Waals surface area (Å²) in [4.78, 5) is 51.9. The van der Waals surface area contributed by atoms with Crippen molar-refractivity contribution in [3.63, 3.8) is 0 Å². The van der Waals surface area contributed by atoms with Crippen molar-refractivity contribution >= 4 is 23.5 Å². The maximum absolute atomic E-state index is 13.1. The van der Waals surface area contributed by atoms with Crippen molar-refractivity contribution in [2.75, 3.05) is 39.4 Å². The zero-order valence-corrected chi connectivity index (χ0v) is 28.3. The van der Waals surface area contributed by atoms with Gasteiger partial charge in [0.05, 0.1) is 31.5 Å². The normalized spacial score (nSPS) is 32.0. The van der Waals surface area contributed by atoms with E-state index in [1.165, 1.54) is 13.8 Å². The largest absolute Gasteiger partial charge is 0.390 e. The van der Waals surface area contributed by atoms with Crippen LogP contribution in [0, 0.1) is 5.41 Å². The lowest BCUT2D eigenvalue weighted by molar-refractivity contribution is -0.292. The first-order chi connectivity index (χ1) is 22.7. The summed E-state index contributed by atoms with van der Waals surface area (Å²) < 4.78 is 22.0. The number of amides is 3. The molecule has 276 valence electrons. The Balaban J connectivity index is 1.50. The van der Waals surface area contributed by atoms with Gasteiger partial charge in [-0.15, -0.1) is 0 Å². The van der Waals surface area contributed by atoms with E-state index in [0.717, 1.165) is 0 Å². The monoisotopic (exact) mass is 689 g/mol. The van der Waals surface area contributed by atoms with Gasteiger partial charge in [0.15, 0.2) is 12.6 Å². The number of ether oxygens (including phenoxy) is 4. The second-order valence-corrected chi connectivity index (χ2v) is 13.3. The highest BCUT2D eigenvalue weighted by molar-refractivity contribution is 5.81.